The fraction of sp³-hybridized carbons (Fsp3) is 0.304. The fourth-order valence-electron chi connectivity index (χ4n) is 3.94. The first-order chi connectivity index (χ1) is 16.3. The summed E-state index contributed by atoms with van der Waals surface area (Å²) < 4.78 is 81.9. The zero-order valence-electron chi connectivity index (χ0n) is 18.2. The molecule has 0 spiro atoms. The number of amides is 1. The molecule has 1 aliphatic rings. The van der Waals surface area contributed by atoms with Gasteiger partial charge in [0, 0.05) is 17.6 Å². The van der Waals surface area contributed by atoms with E-state index >= 15 is 0 Å². The van der Waals surface area contributed by atoms with Crippen molar-refractivity contribution in [2.75, 3.05) is 11.4 Å². The van der Waals surface area contributed by atoms with Crippen molar-refractivity contribution in [1.29, 1.82) is 0 Å². The van der Waals surface area contributed by atoms with E-state index in [1.54, 1.807) is 31.2 Å². The predicted octanol–water partition coefficient (Wildman–Crippen LogP) is 6.19. The number of nitrogens with one attached hydrogen (secondary N) is 1. The van der Waals surface area contributed by atoms with Gasteiger partial charge in [-0.05, 0) is 42.3 Å². The molecule has 0 fully saturated rings. The van der Waals surface area contributed by atoms with Crippen LogP contribution in [0.1, 0.15) is 45.7 Å². The van der Waals surface area contributed by atoms with E-state index in [0.29, 0.717) is 11.1 Å². The molecule has 1 unspecified atom stereocenters. The number of rotatable bonds is 5. The quantitative estimate of drug-likeness (QED) is 0.378. The van der Waals surface area contributed by atoms with Crippen molar-refractivity contribution >= 4 is 27.7 Å². The second-order valence-electron chi connectivity index (χ2n) is 8.13. The Kier molecular flexibility index (Phi) is 6.60. The van der Waals surface area contributed by atoms with Crippen molar-refractivity contribution in [2.24, 2.45) is 0 Å². The number of benzene rings is 2. The maximum atomic E-state index is 13.8. The molecule has 1 N–H and O–H groups in total. The van der Waals surface area contributed by atoms with Crippen LogP contribution >= 0.6 is 15.9 Å². The Morgan fingerprint density at radius 1 is 1.00 bits per heavy atom. The van der Waals surface area contributed by atoms with Crippen LogP contribution in [0, 0.1) is 0 Å². The maximum absolute atomic E-state index is 13.8. The van der Waals surface area contributed by atoms with Gasteiger partial charge in [0.25, 0.3) is 5.91 Å². The lowest BCUT2D eigenvalue weighted by atomic mass is 10.1. The van der Waals surface area contributed by atoms with Crippen LogP contribution in [0.15, 0.2) is 53.0 Å². The minimum atomic E-state index is -4.87. The first-order valence-corrected chi connectivity index (χ1v) is 11.3. The van der Waals surface area contributed by atoms with Gasteiger partial charge in [-0.25, -0.2) is 4.68 Å². The zero-order chi connectivity index (χ0) is 25.5. The molecule has 1 amide bonds. The van der Waals surface area contributed by atoms with E-state index in [-0.39, 0.29) is 25.5 Å². The monoisotopic (exact) mass is 560 g/mol. The first-order valence-electron chi connectivity index (χ1n) is 10.5. The lowest BCUT2D eigenvalue weighted by molar-refractivity contribution is -0.142. The molecular formula is C23H19BrF6N4O. The van der Waals surface area contributed by atoms with Gasteiger partial charge in [0.05, 0.1) is 18.2 Å². The number of hydrogen-bond donors (Lipinski definition) is 1. The molecule has 0 bridgehead atoms. The van der Waals surface area contributed by atoms with E-state index in [0.717, 1.165) is 21.3 Å². The third-order valence-corrected chi connectivity index (χ3v) is 6.20. The highest BCUT2D eigenvalue weighted by Crippen LogP contribution is 2.39. The average molecular weight is 561 g/mol. The second-order valence-corrected chi connectivity index (χ2v) is 9.05. The smallest absolute Gasteiger partial charge is 0.350 e. The average Bonchev–Trinajstić information content (AvgIpc) is 3.34. The van der Waals surface area contributed by atoms with Gasteiger partial charge in [-0.1, -0.05) is 40.2 Å². The van der Waals surface area contributed by atoms with E-state index in [4.69, 9.17) is 0 Å². The molecule has 1 aliphatic heterocycles. The van der Waals surface area contributed by atoms with Crippen LogP contribution in [0.3, 0.4) is 0 Å². The SMILES string of the molecule is CC(NC(=O)c1c(C(F)(F)F)nn2c1N(Cc1ccc(C(F)(F)F)cc1)CC2)c1ccc(Br)cc1. The van der Waals surface area contributed by atoms with Gasteiger partial charge in [0.2, 0.25) is 0 Å². The number of nitrogens with zero attached hydrogens (tertiary/aromatic N) is 3. The molecule has 3 aromatic rings. The number of hydrogen-bond acceptors (Lipinski definition) is 3. The molecule has 0 aliphatic carbocycles. The number of aromatic nitrogens is 2. The maximum Gasteiger partial charge on any atom is 0.436 e. The van der Waals surface area contributed by atoms with Gasteiger partial charge in [-0.2, -0.15) is 31.4 Å². The van der Waals surface area contributed by atoms with E-state index in [1.807, 2.05) is 0 Å². The van der Waals surface area contributed by atoms with Crippen LogP contribution in [0.4, 0.5) is 32.2 Å². The highest BCUT2D eigenvalue weighted by Gasteiger charge is 2.44. The summed E-state index contributed by atoms with van der Waals surface area (Å²) in [6.07, 6.45) is -9.37. The summed E-state index contributed by atoms with van der Waals surface area (Å²) in [5, 5.41) is 6.26. The van der Waals surface area contributed by atoms with Crippen molar-refractivity contribution in [2.45, 2.75) is 38.4 Å². The first kappa shape index (κ1) is 25.1. The molecule has 0 saturated carbocycles. The van der Waals surface area contributed by atoms with E-state index in [2.05, 4.69) is 26.3 Å². The summed E-state index contributed by atoms with van der Waals surface area (Å²) in [6.45, 7) is 2.03. The molecule has 0 saturated heterocycles. The van der Waals surface area contributed by atoms with Gasteiger partial charge < -0.3 is 10.2 Å². The second kappa shape index (κ2) is 9.21. The number of anilines is 1. The molecule has 5 nitrogen and oxygen atoms in total. The van der Waals surface area contributed by atoms with Gasteiger partial charge in [-0.3, -0.25) is 4.79 Å². The Balaban J connectivity index is 1.64. The third-order valence-electron chi connectivity index (χ3n) is 5.67. The van der Waals surface area contributed by atoms with E-state index < -0.39 is 41.1 Å². The Morgan fingerprint density at radius 3 is 2.20 bits per heavy atom. The van der Waals surface area contributed by atoms with Crippen LogP contribution in [0.5, 0.6) is 0 Å². The minimum Gasteiger partial charge on any atom is -0.350 e. The van der Waals surface area contributed by atoms with Crippen LogP contribution in [-0.4, -0.2) is 22.2 Å². The van der Waals surface area contributed by atoms with Crippen LogP contribution < -0.4 is 10.2 Å². The molecule has 2 aromatic carbocycles. The van der Waals surface area contributed by atoms with Gasteiger partial charge in [0.1, 0.15) is 11.4 Å². The van der Waals surface area contributed by atoms with Crippen LogP contribution in [0.2, 0.25) is 0 Å². The zero-order valence-corrected chi connectivity index (χ0v) is 19.8. The van der Waals surface area contributed by atoms with Crippen molar-refractivity contribution < 1.29 is 31.1 Å². The lowest BCUT2D eigenvalue weighted by Gasteiger charge is -2.21. The van der Waals surface area contributed by atoms with Crippen molar-refractivity contribution in [3.05, 3.63) is 81.0 Å². The van der Waals surface area contributed by atoms with E-state index in [1.165, 1.54) is 17.0 Å². The van der Waals surface area contributed by atoms with Gasteiger partial charge in [0.15, 0.2) is 5.69 Å². The molecular weight excluding hydrogens is 542 g/mol. The van der Waals surface area contributed by atoms with Gasteiger partial charge >= 0.3 is 12.4 Å². The van der Waals surface area contributed by atoms with Crippen molar-refractivity contribution in [1.82, 2.24) is 15.1 Å². The molecule has 2 heterocycles. The van der Waals surface area contributed by atoms with E-state index in [9.17, 15) is 31.1 Å². The molecule has 1 aromatic heterocycles. The molecule has 186 valence electrons. The van der Waals surface area contributed by atoms with Crippen molar-refractivity contribution in [3.63, 3.8) is 0 Å². The summed E-state index contributed by atoms with van der Waals surface area (Å²) in [7, 11) is 0. The normalized spacial score (nSPS) is 14.7. The predicted molar refractivity (Wildman–Crippen MR) is 120 cm³/mol. The standard InChI is InChI=1S/C23H19BrF6N4O/c1-13(15-4-8-17(24)9-5-15)31-20(35)18-19(23(28,29)30)32-34-11-10-33(21(18)34)12-14-2-6-16(7-3-14)22(25,26)27/h2-9,13H,10-12H2,1H3,(H,31,35). The lowest BCUT2D eigenvalue weighted by Crippen LogP contribution is -2.31. The van der Waals surface area contributed by atoms with Gasteiger partial charge in [-0.15, -0.1) is 0 Å². The summed E-state index contributed by atoms with van der Waals surface area (Å²) >= 11 is 3.30. The Hall–Kier alpha value is -3.02. The minimum absolute atomic E-state index is 0.0160. The molecule has 1 atom stereocenters. The third kappa shape index (κ3) is 5.31. The fourth-order valence-corrected chi connectivity index (χ4v) is 4.20. The number of fused-ring (bicyclic) bond motifs is 1. The summed E-state index contributed by atoms with van der Waals surface area (Å²) in [6, 6.07) is 10.7. The summed E-state index contributed by atoms with van der Waals surface area (Å²) in [4.78, 5) is 14.6. The highest BCUT2D eigenvalue weighted by molar-refractivity contribution is 9.10. The molecule has 12 heteroatoms. The van der Waals surface area contributed by atoms with Crippen molar-refractivity contribution in [3.8, 4) is 0 Å². The molecule has 0 radical (unpaired) electrons. The highest BCUT2D eigenvalue weighted by atomic mass is 79.9. The summed E-state index contributed by atoms with van der Waals surface area (Å²) in [5.41, 5.74) is -1.58. The molecule has 4 rings (SSSR count). The Bertz CT molecular complexity index is 1220. The summed E-state index contributed by atoms with van der Waals surface area (Å²) in [5.74, 6) is -0.953. The largest absolute Gasteiger partial charge is 0.436 e. The van der Waals surface area contributed by atoms with Crippen LogP contribution in [0.25, 0.3) is 0 Å². The topological polar surface area (TPSA) is 50.2 Å². The van der Waals surface area contributed by atoms with Crippen LogP contribution in [-0.2, 0) is 25.4 Å². The number of carbonyl (C=O) groups is 1. The number of carbonyl (C=O) groups excluding carboxylic acids is 1. The Labute approximate surface area is 204 Å². The molecule has 35 heavy (non-hydrogen) atoms. The Morgan fingerprint density at radius 2 is 1.63 bits per heavy atom. The number of alkyl halides is 6. The number of halogens is 7.